The maximum atomic E-state index is 11.8. The summed E-state index contributed by atoms with van der Waals surface area (Å²) in [5, 5.41) is 8.23. The third-order valence-electron chi connectivity index (χ3n) is 2.76. The minimum Gasteiger partial charge on any atom is -0.375 e. The minimum absolute atomic E-state index is 0.0132. The summed E-state index contributed by atoms with van der Waals surface area (Å²) >= 11 is 1.66. The molecule has 1 aromatic rings. The number of thiophene rings is 1. The zero-order valence-electron chi connectivity index (χ0n) is 9.94. The molecule has 0 radical (unpaired) electrons. The van der Waals surface area contributed by atoms with E-state index in [4.69, 9.17) is 4.74 Å². The molecule has 0 spiro atoms. The molecule has 5 heteroatoms. The van der Waals surface area contributed by atoms with Gasteiger partial charge in [0.05, 0.1) is 25.2 Å². The summed E-state index contributed by atoms with van der Waals surface area (Å²) in [6.45, 7) is 4.34. The topological polar surface area (TPSA) is 50.4 Å². The molecule has 0 saturated carbocycles. The number of ether oxygens (including phenoxy) is 1. The van der Waals surface area contributed by atoms with Gasteiger partial charge in [-0.05, 0) is 18.4 Å². The lowest BCUT2D eigenvalue weighted by Gasteiger charge is -2.23. The van der Waals surface area contributed by atoms with Gasteiger partial charge in [-0.3, -0.25) is 4.79 Å². The number of morpholine rings is 1. The van der Waals surface area contributed by atoms with Gasteiger partial charge in [0.15, 0.2) is 0 Å². The highest BCUT2D eigenvalue weighted by molar-refractivity contribution is 7.10. The van der Waals surface area contributed by atoms with Crippen LogP contribution in [0.4, 0.5) is 0 Å². The van der Waals surface area contributed by atoms with Crippen LogP contribution in [0.1, 0.15) is 24.3 Å². The Hall–Kier alpha value is -0.910. The first-order valence-electron chi connectivity index (χ1n) is 5.91. The van der Waals surface area contributed by atoms with Crippen LogP contribution in [0.3, 0.4) is 0 Å². The number of carbonyl (C=O) groups excluding carboxylic acids is 1. The van der Waals surface area contributed by atoms with Gasteiger partial charge in [0.25, 0.3) is 0 Å². The number of nitrogens with one attached hydrogen (secondary N) is 2. The number of hydrogen-bond donors (Lipinski definition) is 2. The molecule has 1 aliphatic rings. The Morgan fingerprint density at radius 2 is 2.65 bits per heavy atom. The summed E-state index contributed by atoms with van der Waals surface area (Å²) in [7, 11) is 0. The number of rotatable bonds is 4. The average Bonchev–Trinajstić information content (AvgIpc) is 2.83. The average molecular weight is 254 g/mol. The van der Waals surface area contributed by atoms with Crippen molar-refractivity contribution in [3.63, 3.8) is 0 Å². The van der Waals surface area contributed by atoms with E-state index >= 15 is 0 Å². The summed E-state index contributed by atoms with van der Waals surface area (Å²) < 4.78 is 5.50. The molecule has 94 valence electrons. The van der Waals surface area contributed by atoms with Crippen LogP contribution in [0, 0.1) is 0 Å². The van der Waals surface area contributed by atoms with E-state index in [0.29, 0.717) is 13.0 Å². The molecule has 0 aromatic carbocycles. The summed E-state index contributed by atoms with van der Waals surface area (Å²) in [5.74, 6) is 0.0552. The molecule has 0 aliphatic carbocycles. The van der Waals surface area contributed by atoms with Gasteiger partial charge in [-0.2, -0.15) is 0 Å². The summed E-state index contributed by atoms with van der Waals surface area (Å²) in [6, 6.07) is 4.12. The Kier molecular flexibility index (Phi) is 4.53. The summed E-state index contributed by atoms with van der Waals surface area (Å²) in [6.07, 6.45) is 0.446. The van der Waals surface area contributed by atoms with Crippen LogP contribution in [-0.2, 0) is 9.53 Å². The first-order chi connectivity index (χ1) is 8.25. The smallest absolute Gasteiger partial charge is 0.223 e. The van der Waals surface area contributed by atoms with Gasteiger partial charge in [0, 0.05) is 18.0 Å². The monoisotopic (exact) mass is 254 g/mol. The fourth-order valence-electron chi connectivity index (χ4n) is 1.87. The van der Waals surface area contributed by atoms with Crippen molar-refractivity contribution in [3.8, 4) is 0 Å². The Bertz CT molecular complexity index is 347. The normalized spacial score (nSPS) is 22.1. The molecule has 1 fully saturated rings. The predicted molar refractivity (Wildman–Crippen MR) is 68.1 cm³/mol. The number of hydrogen-bond acceptors (Lipinski definition) is 4. The van der Waals surface area contributed by atoms with Crippen molar-refractivity contribution in [2.45, 2.75) is 25.5 Å². The van der Waals surface area contributed by atoms with E-state index in [-0.39, 0.29) is 18.1 Å². The van der Waals surface area contributed by atoms with E-state index < -0.39 is 0 Å². The van der Waals surface area contributed by atoms with Crippen molar-refractivity contribution in [1.29, 1.82) is 0 Å². The Morgan fingerprint density at radius 3 is 3.29 bits per heavy atom. The van der Waals surface area contributed by atoms with Crippen molar-refractivity contribution in [2.75, 3.05) is 19.7 Å². The van der Waals surface area contributed by atoms with Gasteiger partial charge in [0.1, 0.15) is 0 Å². The Balaban J connectivity index is 1.76. The molecule has 1 aromatic heterocycles. The standard InChI is InChI=1S/C12H18N2O2S/c1-9(11-3-2-6-17-11)14-12(15)7-10-8-13-4-5-16-10/h2-3,6,9-10,13H,4-5,7-8H2,1H3,(H,14,15). The van der Waals surface area contributed by atoms with E-state index in [1.165, 1.54) is 4.88 Å². The predicted octanol–water partition coefficient (Wildman–Crippen LogP) is 1.30. The van der Waals surface area contributed by atoms with Gasteiger partial charge in [-0.15, -0.1) is 11.3 Å². The van der Waals surface area contributed by atoms with Crippen molar-refractivity contribution in [1.82, 2.24) is 10.6 Å². The maximum absolute atomic E-state index is 11.8. The zero-order chi connectivity index (χ0) is 12.1. The van der Waals surface area contributed by atoms with Gasteiger partial charge in [-0.25, -0.2) is 0 Å². The quantitative estimate of drug-likeness (QED) is 0.851. The summed E-state index contributed by atoms with van der Waals surface area (Å²) in [4.78, 5) is 13.0. The third kappa shape index (κ3) is 3.80. The first-order valence-corrected chi connectivity index (χ1v) is 6.79. The first kappa shape index (κ1) is 12.5. The largest absolute Gasteiger partial charge is 0.375 e. The van der Waals surface area contributed by atoms with Crippen LogP contribution in [-0.4, -0.2) is 31.7 Å². The molecule has 2 unspecified atom stereocenters. The summed E-state index contributed by atoms with van der Waals surface area (Å²) in [5.41, 5.74) is 0. The van der Waals surface area contributed by atoms with Crippen LogP contribution in [0.25, 0.3) is 0 Å². The lowest BCUT2D eigenvalue weighted by Crippen LogP contribution is -2.41. The number of amides is 1. The minimum atomic E-state index is 0.0132. The van der Waals surface area contributed by atoms with Gasteiger partial charge in [0.2, 0.25) is 5.91 Å². The van der Waals surface area contributed by atoms with Crippen LogP contribution < -0.4 is 10.6 Å². The van der Waals surface area contributed by atoms with Crippen LogP contribution in [0.2, 0.25) is 0 Å². The van der Waals surface area contributed by atoms with Crippen LogP contribution in [0.15, 0.2) is 17.5 Å². The van der Waals surface area contributed by atoms with E-state index in [2.05, 4.69) is 10.6 Å². The van der Waals surface area contributed by atoms with E-state index in [0.717, 1.165) is 13.1 Å². The highest BCUT2D eigenvalue weighted by Gasteiger charge is 2.18. The van der Waals surface area contributed by atoms with Crippen LogP contribution in [0.5, 0.6) is 0 Å². The fourth-order valence-corrected chi connectivity index (χ4v) is 2.60. The molecular formula is C12H18N2O2S. The second-order valence-corrected chi connectivity index (χ2v) is 5.18. The molecule has 2 rings (SSSR count). The molecule has 2 heterocycles. The Labute approximate surface area is 105 Å². The molecule has 1 aliphatic heterocycles. The lowest BCUT2D eigenvalue weighted by atomic mass is 10.2. The second kappa shape index (κ2) is 6.14. The van der Waals surface area contributed by atoms with Crippen molar-refractivity contribution >= 4 is 17.2 Å². The van der Waals surface area contributed by atoms with Gasteiger partial charge < -0.3 is 15.4 Å². The third-order valence-corrected chi connectivity index (χ3v) is 3.82. The highest BCUT2D eigenvalue weighted by atomic mass is 32.1. The van der Waals surface area contributed by atoms with Gasteiger partial charge in [-0.1, -0.05) is 6.07 Å². The van der Waals surface area contributed by atoms with Crippen molar-refractivity contribution in [2.24, 2.45) is 0 Å². The second-order valence-electron chi connectivity index (χ2n) is 4.21. The van der Waals surface area contributed by atoms with Crippen LogP contribution >= 0.6 is 11.3 Å². The lowest BCUT2D eigenvalue weighted by molar-refractivity contribution is -0.125. The highest BCUT2D eigenvalue weighted by Crippen LogP contribution is 2.18. The fraction of sp³-hybridized carbons (Fsp3) is 0.583. The molecule has 1 amide bonds. The molecule has 4 nitrogen and oxygen atoms in total. The van der Waals surface area contributed by atoms with E-state index in [1.807, 2.05) is 24.4 Å². The zero-order valence-corrected chi connectivity index (χ0v) is 10.8. The molecule has 17 heavy (non-hydrogen) atoms. The van der Waals surface area contributed by atoms with E-state index in [9.17, 15) is 4.79 Å². The van der Waals surface area contributed by atoms with E-state index in [1.54, 1.807) is 11.3 Å². The maximum Gasteiger partial charge on any atom is 0.223 e. The van der Waals surface area contributed by atoms with Crippen molar-refractivity contribution in [3.05, 3.63) is 22.4 Å². The van der Waals surface area contributed by atoms with Crippen molar-refractivity contribution < 1.29 is 9.53 Å². The molecule has 1 saturated heterocycles. The molecule has 0 bridgehead atoms. The Morgan fingerprint density at radius 1 is 1.76 bits per heavy atom. The molecular weight excluding hydrogens is 236 g/mol. The SMILES string of the molecule is CC(NC(=O)CC1CNCCO1)c1cccs1. The molecule has 2 atom stereocenters. The number of carbonyl (C=O) groups is 1. The molecule has 2 N–H and O–H groups in total. The van der Waals surface area contributed by atoms with Gasteiger partial charge >= 0.3 is 0 Å².